The average Bonchev–Trinajstić information content (AvgIpc) is 2.67. The molecule has 1 aromatic carbocycles. The van der Waals surface area contributed by atoms with Gasteiger partial charge < -0.3 is 15.0 Å². The molecule has 1 aromatic heterocycles. The van der Waals surface area contributed by atoms with E-state index in [0.29, 0.717) is 17.3 Å². The van der Waals surface area contributed by atoms with Crippen LogP contribution in [0.5, 0.6) is 5.75 Å². The van der Waals surface area contributed by atoms with Crippen molar-refractivity contribution in [2.75, 3.05) is 7.11 Å². The number of H-pyrrole nitrogens is 1. The summed E-state index contributed by atoms with van der Waals surface area (Å²) in [7, 11) is 1.56. The molecule has 3 rings (SSSR count). The first-order valence-corrected chi connectivity index (χ1v) is 5.79. The van der Waals surface area contributed by atoms with Gasteiger partial charge in [-0.2, -0.15) is 0 Å². The molecule has 1 aliphatic heterocycles. The van der Waals surface area contributed by atoms with Gasteiger partial charge in [-0.1, -0.05) is 0 Å². The summed E-state index contributed by atoms with van der Waals surface area (Å²) in [4.78, 5) is 3.20. The van der Waals surface area contributed by atoms with E-state index in [-0.39, 0.29) is 5.82 Å². The second kappa shape index (κ2) is 3.74. The zero-order valence-corrected chi connectivity index (χ0v) is 9.93. The van der Waals surface area contributed by atoms with Crippen LogP contribution in [0.25, 0.3) is 10.9 Å². The Labute approximate surface area is 99.0 Å². The Bertz CT molecular complexity index is 576. The highest BCUT2D eigenvalue weighted by Crippen LogP contribution is 2.31. The van der Waals surface area contributed by atoms with E-state index in [4.69, 9.17) is 4.74 Å². The van der Waals surface area contributed by atoms with Crippen molar-refractivity contribution >= 4 is 10.9 Å². The fourth-order valence-corrected chi connectivity index (χ4v) is 2.48. The first-order valence-electron chi connectivity index (χ1n) is 5.79. The molecule has 0 unspecified atom stereocenters. The molecule has 0 radical (unpaired) electrons. The van der Waals surface area contributed by atoms with Gasteiger partial charge in [0.25, 0.3) is 0 Å². The van der Waals surface area contributed by atoms with E-state index in [9.17, 15) is 4.39 Å². The van der Waals surface area contributed by atoms with Crippen molar-refractivity contribution < 1.29 is 9.13 Å². The molecule has 0 amide bonds. The maximum atomic E-state index is 13.9. The third kappa shape index (κ3) is 1.60. The summed E-state index contributed by atoms with van der Waals surface area (Å²) in [6.45, 7) is 2.91. The van der Waals surface area contributed by atoms with Gasteiger partial charge in [0.05, 0.1) is 12.6 Å². The Morgan fingerprint density at radius 3 is 3.00 bits per heavy atom. The quantitative estimate of drug-likeness (QED) is 0.794. The third-order valence-electron chi connectivity index (χ3n) is 3.40. The lowest BCUT2D eigenvalue weighted by Crippen LogP contribution is -2.32. The molecule has 2 aromatic rings. The van der Waals surface area contributed by atoms with Crippen molar-refractivity contribution in [3.05, 3.63) is 29.2 Å². The van der Waals surface area contributed by atoms with E-state index in [1.54, 1.807) is 7.11 Å². The molecule has 1 aliphatic rings. The van der Waals surface area contributed by atoms with Gasteiger partial charge in [0, 0.05) is 36.2 Å². The number of hydrogen-bond donors (Lipinski definition) is 2. The van der Waals surface area contributed by atoms with Crippen molar-refractivity contribution in [1.82, 2.24) is 10.3 Å². The number of ether oxygens (including phenoxy) is 1. The van der Waals surface area contributed by atoms with E-state index >= 15 is 0 Å². The molecule has 0 spiro atoms. The lowest BCUT2D eigenvalue weighted by Gasteiger charge is -2.20. The summed E-state index contributed by atoms with van der Waals surface area (Å²) in [6, 6.07) is 3.74. The normalized spacial score (nSPS) is 19.4. The van der Waals surface area contributed by atoms with Gasteiger partial charge in [0.15, 0.2) is 5.82 Å². The molecule has 4 heteroatoms. The van der Waals surface area contributed by atoms with Crippen LogP contribution >= 0.6 is 0 Å². The second-order valence-corrected chi connectivity index (χ2v) is 4.60. The summed E-state index contributed by atoms with van der Waals surface area (Å²) < 4.78 is 19.0. The van der Waals surface area contributed by atoms with Crippen LogP contribution < -0.4 is 10.1 Å². The minimum atomic E-state index is -0.249. The van der Waals surface area contributed by atoms with Crippen LogP contribution in [0.1, 0.15) is 18.2 Å². The lowest BCUT2D eigenvalue weighted by molar-refractivity contribution is 0.412. The predicted octanol–water partition coefficient (Wildman–Crippen LogP) is 2.35. The SMILES string of the molecule is COc1cc(F)c2[nH]c3c(c2c1)CN[C@@H](C)C3. The summed E-state index contributed by atoms with van der Waals surface area (Å²) >= 11 is 0. The van der Waals surface area contributed by atoms with Gasteiger partial charge in [0.2, 0.25) is 0 Å². The number of methoxy groups -OCH3 is 1. The zero-order chi connectivity index (χ0) is 12.0. The van der Waals surface area contributed by atoms with E-state index in [0.717, 1.165) is 29.6 Å². The maximum Gasteiger partial charge on any atom is 0.150 e. The van der Waals surface area contributed by atoms with Crippen molar-refractivity contribution in [2.45, 2.75) is 25.9 Å². The van der Waals surface area contributed by atoms with Crippen molar-refractivity contribution in [1.29, 1.82) is 0 Å². The van der Waals surface area contributed by atoms with Crippen molar-refractivity contribution in [3.8, 4) is 5.75 Å². The molecule has 2 N–H and O–H groups in total. The number of nitrogens with one attached hydrogen (secondary N) is 2. The first-order chi connectivity index (χ1) is 8.19. The Morgan fingerprint density at radius 1 is 1.41 bits per heavy atom. The van der Waals surface area contributed by atoms with Crippen LogP contribution in [0.2, 0.25) is 0 Å². The van der Waals surface area contributed by atoms with E-state index in [2.05, 4.69) is 17.2 Å². The van der Waals surface area contributed by atoms with Crippen LogP contribution in [0, 0.1) is 5.82 Å². The average molecular weight is 234 g/mol. The number of aromatic nitrogens is 1. The number of benzene rings is 1. The molecule has 17 heavy (non-hydrogen) atoms. The van der Waals surface area contributed by atoms with Gasteiger partial charge in [-0.15, -0.1) is 0 Å². The van der Waals surface area contributed by atoms with Gasteiger partial charge >= 0.3 is 0 Å². The fraction of sp³-hybridized carbons (Fsp3) is 0.385. The number of rotatable bonds is 1. The zero-order valence-electron chi connectivity index (χ0n) is 9.93. The molecule has 0 fully saturated rings. The summed E-state index contributed by atoms with van der Waals surface area (Å²) in [5.74, 6) is 0.317. The molecule has 0 saturated heterocycles. The highest BCUT2D eigenvalue weighted by molar-refractivity contribution is 5.86. The summed E-state index contributed by atoms with van der Waals surface area (Å²) in [6.07, 6.45) is 0.909. The summed E-state index contributed by atoms with van der Waals surface area (Å²) in [5.41, 5.74) is 2.89. The topological polar surface area (TPSA) is 37.0 Å². The lowest BCUT2D eigenvalue weighted by atomic mass is 10.0. The molecule has 3 nitrogen and oxygen atoms in total. The van der Waals surface area contributed by atoms with Gasteiger partial charge in [0.1, 0.15) is 5.75 Å². The molecule has 1 atom stereocenters. The van der Waals surface area contributed by atoms with Crippen molar-refractivity contribution in [2.24, 2.45) is 0 Å². The minimum absolute atomic E-state index is 0.249. The maximum absolute atomic E-state index is 13.9. The van der Waals surface area contributed by atoms with Gasteiger partial charge in [-0.25, -0.2) is 4.39 Å². The van der Waals surface area contributed by atoms with Crippen LogP contribution in [-0.2, 0) is 13.0 Å². The number of hydrogen-bond acceptors (Lipinski definition) is 2. The fourth-order valence-electron chi connectivity index (χ4n) is 2.48. The van der Waals surface area contributed by atoms with E-state index < -0.39 is 0 Å². The molecule has 0 saturated carbocycles. The van der Waals surface area contributed by atoms with Crippen LogP contribution in [-0.4, -0.2) is 18.1 Å². The summed E-state index contributed by atoms with van der Waals surface area (Å²) in [5, 5.41) is 4.32. The predicted molar refractivity (Wildman–Crippen MR) is 64.8 cm³/mol. The number of fused-ring (bicyclic) bond motifs is 3. The van der Waals surface area contributed by atoms with Crippen molar-refractivity contribution in [3.63, 3.8) is 0 Å². The van der Waals surface area contributed by atoms with Gasteiger partial charge in [-0.3, -0.25) is 0 Å². The Hall–Kier alpha value is -1.55. The molecular weight excluding hydrogens is 219 g/mol. The molecule has 0 aliphatic carbocycles. The molecular formula is C13H15FN2O. The van der Waals surface area contributed by atoms with E-state index in [1.807, 2.05) is 6.07 Å². The monoisotopic (exact) mass is 234 g/mol. The standard InChI is InChI=1S/C13H15FN2O/c1-7-3-12-10(6-15-7)9-4-8(17-2)5-11(14)13(9)16-12/h4-5,7,15-16H,3,6H2,1-2H3/t7-/m0/s1. The number of halogens is 1. The van der Waals surface area contributed by atoms with E-state index in [1.165, 1.54) is 6.07 Å². The number of aromatic amines is 1. The molecule has 2 heterocycles. The second-order valence-electron chi connectivity index (χ2n) is 4.60. The highest BCUT2D eigenvalue weighted by Gasteiger charge is 2.21. The Kier molecular flexibility index (Phi) is 2.33. The van der Waals surface area contributed by atoms with Crippen LogP contribution in [0.15, 0.2) is 12.1 Å². The van der Waals surface area contributed by atoms with Gasteiger partial charge in [-0.05, 0) is 18.6 Å². The largest absolute Gasteiger partial charge is 0.497 e. The third-order valence-corrected chi connectivity index (χ3v) is 3.40. The smallest absolute Gasteiger partial charge is 0.150 e. The first kappa shape index (κ1) is 10.6. The minimum Gasteiger partial charge on any atom is -0.497 e. The molecule has 0 bridgehead atoms. The highest BCUT2D eigenvalue weighted by atomic mass is 19.1. The van der Waals surface area contributed by atoms with Crippen LogP contribution in [0.3, 0.4) is 0 Å². The Balaban J connectivity index is 2.24. The Morgan fingerprint density at radius 2 is 2.24 bits per heavy atom. The molecule has 90 valence electrons. The van der Waals surface area contributed by atoms with Crippen LogP contribution in [0.4, 0.5) is 4.39 Å².